The predicted molar refractivity (Wildman–Crippen MR) is 65.3 cm³/mol. The molecule has 0 N–H and O–H groups in total. The second-order valence-corrected chi connectivity index (χ2v) is 3.21. The molecule has 1 fully saturated rings. The van der Waals surface area contributed by atoms with E-state index in [1.165, 1.54) is 12.8 Å². The number of epoxide rings is 1. The van der Waals surface area contributed by atoms with Crippen LogP contribution in [0.25, 0.3) is 0 Å². The van der Waals surface area contributed by atoms with Crippen LogP contribution in [-0.4, -0.2) is 12.2 Å². The highest BCUT2D eigenvalue weighted by Gasteiger charge is 2.27. The van der Waals surface area contributed by atoms with Crippen LogP contribution in [0.3, 0.4) is 0 Å². The minimum atomic E-state index is 0. The smallest absolute Gasteiger partial charge is 0.0811 e. The lowest BCUT2D eigenvalue weighted by atomic mass is 10.4. The maximum atomic E-state index is 4.92. The Morgan fingerprint density at radius 2 is 1.23 bits per heavy atom. The summed E-state index contributed by atoms with van der Waals surface area (Å²) in [4.78, 5) is 0. The molecule has 1 aliphatic rings. The van der Waals surface area contributed by atoms with E-state index in [1.807, 2.05) is 26.0 Å². The van der Waals surface area contributed by atoms with E-state index in [0.717, 1.165) is 0 Å². The minimum Gasteiger partial charge on any atom is -0.370 e. The van der Waals surface area contributed by atoms with Crippen LogP contribution < -0.4 is 0 Å². The second-order valence-electron chi connectivity index (χ2n) is 3.21. The molecular weight excluding hydrogens is 160 g/mol. The van der Waals surface area contributed by atoms with Crippen molar-refractivity contribution in [3.05, 3.63) is 12.2 Å². The Morgan fingerprint density at radius 3 is 1.23 bits per heavy atom. The zero-order valence-corrected chi connectivity index (χ0v) is 10.1. The molecule has 0 aromatic rings. The lowest BCUT2D eigenvalue weighted by Gasteiger charge is -1.68. The van der Waals surface area contributed by atoms with Gasteiger partial charge in [-0.3, -0.25) is 0 Å². The van der Waals surface area contributed by atoms with Gasteiger partial charge in [0, 0.05) is 2.85 Å². The zero-order valence-electron chi connectivity index (χ0n) is 10.1. The Labute approximate surface area is 87.2 Å². The largest absolute Gasteiger partial charge is 0.370 e. The van der Waals surface area contributed by atoms with Crippen molar-refractivity contribution in [1.82, 2.24) is 0 Å². The van der Waals surface area contributed by atoms with E-state index in [4.69, 9.17) is 4.74 Å². The Kier molecular flexibility index (Phi) is 13.7. The molecule has 0 saturated carbocycles. The van der Waals surface area contributed by atoms with Crippen molar-refractivity contribution >= 4 is 0 Å². The molecule has 1 nitrogen and oxygen atoms in total. The van der Waals surface area contributed by atoms with Gasteiger partial charge in [0.25, 0.3) is 0 Å². The lowest BCUT2D eigenvalue weighted by molar-refractivity contribution is 0.389. The summed E-state index contributed by atoms with van der Waals surface area (Å²) in [6.07, 6.45) is 7.74. The molecule has 1 heteroatoms. The molecule has 2 unspecified atom stereocenters. The SMILES string of the molecule is C/C=C\C.CC1OC1C.CCCC.[HH].[HH]. The van der Waals surface area contributed by atoms with Crippen molar-refractivity contribution in [3.8, 4) is 0 Å². The van der Waals surface area contributed by atoms with E-state index in [-0.39, 0.29) is 2.85 Å². The van der Waals surface area contributed by atoms with Crippen LogP contribution in [0.4, 0.5) is 0 Å². The first kappa shape index (κ1) is 15.2. The molecule has 0 bridgehead atoms. The molecule has 0 amide bonds. The number of hydrogen-bond acceptors (Lipinski definition) is 1. The van der Waals surface area contributed by atoms with Gasteiger partial charge in [0.15, 0.2) is 0 Å². The third-order valence-electron chi connectivity index (χ3n) is 1.85. The standard InChI is InChI=1S/C4H8O.C4H10.C4H8.2H2/c1-3-4(2)5-3;2*1-3-4-2;;/h3-4H,1-2H3;3-4H2,1-2H3;3-4H,1-2H3;2*1H/b;;4-3-;;. The van der Waals surface area contributed by atoms with E-state index >= 15 is 0 Å². The van der Waals surface area contributed by atoms with Gasteiger partial charge in [-0.25, -0.2) is 0 Å². The van der Waals surface area contributed by atoms with Crippen molar-refractivity contribution < 1.29 is 7.59 Å². The van der Waals surface area contributed by atoms with E-state index in [2.05, 4.69) is 27.7 Å². The normalized spacial score (nSPS) is 24.2. The van der Waals surface area contributed by atoms with E-state index in [1.54, 1.807) is 0 Å². The summed E-state index contributed by atoms with van der Waals surface area (Å²) in [5, 5.41) is 0. The summed E-state index contributed by atoms with van der Waals surface area (Å²) in [5.74, 6) is 0. The summed E-state index contributed by atoms with van der Waals surface area (Å²) < 4.78 is 4.92. The maximum absolute atomic E-state index is 4.92. The Bertz CT molecular complexity index is 104. The molecule has 0 spiro atoms. The average Bonchev–Trinajstić information content (AvgIpc) is 2.80. The first-order valence-electron chi connectivity index (χ1n) is 5.36. The van der Waals surface area contributed by atoms with Crippen LogP contribution in [0.5, 0.6) is 0 Å². The fraction of sp³-hybridized carbons (Fsp3) is 0.833. The van der Waals surface area contributed by atoms with Crippen molar-refractivity contribution in [2.24, 2.45) is 0 Å². The van der Waals surface area contributed by atoms with Gasteiger partial charge >= 0.3 is 0 Å². The Morgan fingerprint density at radius 1 is 1.00 bits per heavy atom. The third kappa shape index (κ3) is 18.6. The topological polar surface area (TPSA) is 12.5 Å². The third-order valence-corrected chi connectivity index (χ3v) is 1.85. The van der Waals surface area contributed by atoms with E-state index in [9.17, 15) is 0 Å². The Hall–Kier alpha value is -0.300. The molecule has 0 aromatic heterocycles. The molecular formula is C12H30O. The second kappa shape index (κ2) is 11.7. The maximum Gasteiger partial charge on any atom is 0.0811 e. The lowest BCUT2D eigenvalue weighted by Crippen LogP contribution is -1.74. The van der Waals surface area contributed by atoms with Crippen LogP contribution in [0, 0.1) is 0 Å². The van der Waals surface area contributed by atoms with Gasteiger partial charge in [0.1, 0.15) is 0 Å². The highest BCUT2D eigenvalue weighted by atomic mass is 16.6. The van der Waals surface area contributed by atoms with Gasteiger partial charge < -0.3 is 4.74 Å². The number of unbranched alkanes of at least 4 members (excludes halogenated alkanes) is 1. The molecule has 1 rings (SSSR count). The summed E-state index contributed by atoms with van der Waals surface area (Å²) >= 11 is 0. The first-order chi connectivity index (χ1) is 6.13. The fourth-order valence-electron chi connectivity index (χ4n) is 0.293. The zero-order chi connectivity index (χ0) is 10.7. The molecule has 0 aliphatic carbocycles. The van der Waals surface area contributed by atoms with Crippen molar-refractivity contribution in [2.45, 2.75) is 66.6 Å². The highest BCUT2D eigenvalue weighted by Crippen LogP contribution is 2.18. The van der Waals surface area contributed by atoms with Gasteiger partial charge in [-0.2, -0.15) is 0 Å². The first-order valence-corrected chi connectivity index (χ1v) is 5.36. The van der Waals surface area contributed by atoms with Crippen LogP contribution in [0.2, 0.25) is 0 Å². The Balaban J connectivity index is -0.0000000575. The summed E-state index contributed by atoms with van der Waals surface area (Å²) in [6, 6.07) is 0. The highest BCUT2D eigenvalue weighted by molar-refractivity contribution is 4.73. The molecule has 0 aromatic carbocycles. The predicted octanol–water partition coefficient (Wildman–Crippen LogP) is 4.67. The van der Waals surface area contributed by atoms with Gasteiger partial charge in [-0.1, -0.05) is 38.8 Å². The van der Waals surface area contributed by atoms with Gasteiger partial charge in [0.05, 0.1) is 12.2 Å². The molecule has 1 heterocycles. The van der Waals surface area contributed by atoms with Gasteiger partial charge in [-0.15, -0.1) is 0 Å². The number of rotatable bonds is 1. The van der Waals surface area contributed by atoms with Crippen LogP contribution in [-0.2, 0) is 4.74 Å². The molecule has 2 atom stereocenters. The summed E-state index contributed by atoms with van der Waals surface area (Å²) in [7, 11) is 0. The molecule has 1 saturated heterocycles. The number of ether oxygens (including phenoxy) is 1. The summed E-state index contributed by atoms with van der Waals surface area (Å²) in [5.41, 5.74) is 0. The quantitative estimate of drug-likeness (QED) is 0.432. The van der Waals surface area contributed by atoms with E-state index in [0.29, 0.717) is 12.2 Å². The minimum absolute atomic E-state index is 0. The average molecular weight is 190 g/mol. The monoisotopic (exact) mass is 190 g/mol. The molecule has 84 valence electrons. The van der Waals surface area contributed by atoms with E-state index < -0.39 is 0 Å². The molecule has 13 heavy (non-hydrogen) atoms. The van der Waals surface area contributed by atoms with Crippen LogP contribution >= 0.6 is 0 Å². The molecule has 0 radical (unpaired) electrons. The number of hydrogen-bond donors (Lipinski definition) is 0. The summed E-state index contributed by atoms with van der Waals surface area (Å²) in [6.45, 7) is 12.5. The van der Waals surface area contributed by atoms with Gasteiger partial charge in [-0.05, 0) is 27.7 Å². The number of allylic oxidation sites excluding steroid dienone is 2. The molecule has 1 aliphatic heterocycles. The van der Waals surface area contributed by atoms with Crippen molar-refractivity contribution in [1.29, 1.82) is 0 Å². The fourth-order valence-corrected chi connectivity index (χ4v) is 0.293. The van der Waals surface area contributed by atoms with Gasteiger partial charge in [0.2, 0.25) is 0 Å². The van der Waals surface area contributed by atoms with Crippen molar-refractivity contribution in [2.75, 3.05) is 0 Å². The van der Waals surface area contributed by atoms with Crippen molar-refractivity contribution in [3.63, 3.8) is 0 Å². The van der Waals surface area contributed by atoms with Crippen LogP contribution in [0.15, 0.2) is 12.2 Å². The van der Waals surface area contributed by atoms with Crippen LogP contribution in [0.1, 0.15) is 57.2 Å².